The zero-order chi connectivity index (χ0) is 18.1. The van der Waals surface area contributed by atoms with Crippen LogP contribution in [0.15, 0.2) is 46.9 Å². The summed E-state index contributed by atoms with van der Waals surface area (Å²) < 4.78 is 2.17. The summed E-state index contributed by atoms with van der Waals surface area (Å²) in [5.41, 5.74) is 2.90. The number of likely N-dealkylation sites (tertiary alicyclic amines) is 1. The van der Waals surface area contributed by atoms with Crippen LogP contribution < -0.4 is 5.32 Å². The van der Waals surface area contributed by atoms with Gasteiger partial charge in [0.2, 0.25) is 0 Å². The number of thiazole rings is 1. The number of amides is 2. The van der Waals surface area contributed by atoms with Crippen molar-refractivity contribution in [2.45, 2.75) is 32.2 Å². The molecule has 4 rings (SSSR count). The third-order valence-electron chi connectivity index (χ3n) is 4.87. The standard InChI is InChI=1S/C20H20BrN3OS/c1-13-14(21)7-6-9-15(13)23-20(25)24-12-5-4-10-17(24)19-22-16-8-2-3-11-18(16)26-19/h2-3,6-9,11,17H,4-5,10,12H2,1H3,(H,23,25). The number of carbonyl (C=O) groups is 1. The minimum atomic E-state index is -0.0462. The summed E-state index contributed by atoms with van der Waals surface area (Å²) in [6, 6.07) is 14.0. The molecule has 1 aliphatic rings. The van der Waals surface area contributed by atoms with Gasteiger partial charge in [0.1, 0.15) is 5.01 Å². The van der Waals surface area contributed by atoms with Gasteiger partial charge in [-0.2, -0.15) is 0 Å². The maximum Gasteiger partial charge on any atom is 0.322 e. The van der Waals surface area contributed by atoms with E-state index in [0.717, 1.165) is 52.1 Å². The number of hydrogen-bond acceptors (Lipinski definition) is 3. The monoisotopic (exact) mass is 429 g/mol. The summed E-state index contributed by atoms with van der Waals surface area (Å²) >= 11 is 5.22. The first-order valence-corrected chi connectivity index (χ1v) is 10.4. The first-order chi connectivity index (χ1) is 12.6. The van der Waals surface area contributed by atoms with Crippen molar-refractivity contribution in [1.82, 2.24) is 9.88 Å². The Morgan fingerprint density at radius 2 is 2.08 bits per heavy atom. The molecule has 6 heteroatoms. The van der Waals surface area contributed by atoms with Gasteiger partial charge in [-0.1, -0.05) is 34.1 Å². The number of piperidine rings is 1. The van der Waals surface area contributed by atoms with Gasteiger partial charge in [-0.3, -0.25) is 0 Å². The minimum Gasteiger partial charge on any atom is -0.315 e. The number of fused-ring (bicyclic) bond motifs is 1. The fourth-order valence-corrected chi connectivity index (χ4v) is 4.88. The lowest BCUT2D eigenvalue weighted by Gasteiger charge is -2.34. The number of anilines is 1. The molecule has 1 unspecified atom stereocenters. The SMILES string of the molecule is Cc1c(Br)cccc1NC(=O)N1CCCCC1c1nc2ccccc2s1. The number of urea groups is 1. The normalized spacial score (nSPS) is 17.5. The van der Waals surface area contributed by atoms with Gasteiger partial charge < -0.3 is 10.2 Å². The Labute approximate surface area is 165 Å². The Bertz CT molecular complexity index is 922. The summed E-state index contributed by atoms with van der Waals surface area (Å²) in [7, 11) is 0. The second-order valence-corrected chi connectivity index (χ2v) is 8.48. The van der Waals surface area contributed by atoms with E-state index in [0.29, 0.717) is 0 Å². The van der Waals surface area contributed by atoms with Crippen molar-refractivity contribution in [1.29, 1.82) is 0 Å². The molecule has 1 fully saturated rings. The highest BCUT2D eigenvalue weighted by Crippen LogP contribution is 2.36. The van der Waals surface area contributed by atoms with Crippen molar-refractivity contribution >= 4 is 49.2 Å². The largest absolute Gasteiger partial charge is 0.322 e. The quantitative estimate of drug-likeness (QED) is 0.532. The number of nitrogens with one attached hydrogen (secondary N) is 1. The molecule has 134 valence electrons. The fourth-order valence-electron chi connectivity index (χ4n) is 3.39. The van der Waals surface area contributed by atoms with E-state index in [2.05, 4.69) is 27.3 Å². The zero-order valence-electron chi connectivity index (χ0n) is 14.5. The van der Waals surface area contributed by atoms with E-state index in [1.165, 1.54) is 4.70 Å². The number of halogens is 1. The van der Waals surface area contributed by atoms with E-state index in [1.54, 1.807) is 11.3 Å². The van der Waals surface area contributed by atoms with Crippen LogP contribution in [0.5, 0.6) is 0 Å². The van der Waals surface area contributed by atoms with E-state index in [1.807, 2.05) is 48.2 Å². The summed E-state index contributed by atoms with van der Waals surface area (Å²) in [6.45, 7) is 2.76. The molecule has 1 atom stereocenters. The smallest absolute Gasteiger partial charge is 0.315 e. The van der Waals surface area contributed by atoms with Crippen LogP contribution in [-0.4, -0.2) is 22.5 Å². The second kappa shape index (κ2) is 7.37. The van der Waals surface area contributed by atoms with Crippen LogP contribution in [0.25, 0.3) is 10.2 Å². The molecule has 0 radical (unpaired) electrons. The Kier molecular flexibility index (Phi) is 4.96. The Morgan fingerprint density at radius 1 is 1.23 bits per heavy atom. The van der Waals surface area contributed by atoms with Crippen LogP contribution in [-0.2, 0) is 0 Å². The molecule has 1 aromatic heterocycles. The van der Waals surface area contributed by atoms with Crippen LogP contribution in [0.1, 0.15) is 35.9 Å². The van der Waals surface area contributed by atoms with E-state index in [9.17, 15) is 4.79 Å². The number of hydrogen-bond donors (Lipinski definition) is 1. The Hall–Kier alpha value is -1.92. The van der Waals surface area contributed by atoms with Crippen LogP contribution in [0.4, 0.5) is 10.5 Å². The van der Waals surface area contributed by atoms with E-state index < -0.39 is 0 Å². The molecule has 1 aliphatic heterocycles. The van der Waals surface area contributed by atoms with Crippen molar-refractivity contribution < 1.29 is 4.79 Å². The maximum absolute atomic E-state index is 13.0. The summed E-state index contributed by atoms with van der Waals surface area (Å²) in [5.74, 6) is 0. The molecule has 2 heterocycles. The molecule has 2 aromatic carbocycles. The van der Waals surface area contributed by atoms with Gasteiger partial charge in [0.15, 0.2) is 0 Å². The van der Waals surface area contributed by atoms with Crippen LogP contribution in [0, 0.1) is 6.92 Å². The molecule has 0 bridgehead atoms. The first kappa shape index (κ1) is 17.5. The van der Waals surface area contributed by atoms with Gasteiger partial charge in [0.05, 0.1) is 16.3 Å². The first-order valence-electron chi connectivity index (χ1n) is 8.81. The van der Waals surface area contributed by atoms with Crippen LogP contribution in [0.3, 0.4) is 0 Å². The van der Waals surface area contributed by atoms with Crippen molar-refractivity contribution in [3.63, 3.8) is 0 Å². The number of para-hydroxylation sites is 1. The van der Waals surface area contributed by atoms with Crippen molar-refractivity contribution in [3.8, 4) is 0 Å². The predicted octanol–water partition coefficient (Wildman–Crippen LogP) is 6.13. The van der Waals surface area contributed by atoms with Crippen LogP contribution in [0.2, 0.25) is 0 Å². The topological polar surface area (TPSA) is 45.2 Å². The van der Waals surface area contributed by atoms with Gasteiger partial charge in [0, 0.05) is 16.7 Å². The van der Waals surface area contributed by atoms with E-state index in [4.69, 9.17) is 4.98 Å². The second-order valence-electron chi connectivity index (χ2n) is 6.57. The molecule has 0 saturated carbocycles. The Morgan fingerprint density at radius 3 is 2.92 bits per heavy atom. The van der Waals surface area contributed by atoms with Crippen LogP contribution >= 0.6 is 27.3 Å². The molecule has 1 N–H and O–H groups in total. The van der Waals surface area contributed by atoms with Gasteiger partial charge in [-0.15, -0.1) is 11.3 Å². The minimum absolute atomic E-state index is 0.0462. The lowest BCUT2D eigenvalue weighted by Crippen LogP contribution is -2.41. The maximum atomic E-state index is 13.0. The zero-order valence-corrected chi connectivity index (χ0v) is 16.9. The van der Waals surface area contributed by atoms with Gasteiger partial charge in [-0.25, -0.2) is 9.78 Å². The number of nitrogens with zero attached hydrogens (tertiary/aromatic N) is 2. The van der Waals surface area contributed by atoms with E-state index in [-0.39, 0.29) is 12.1 Å². The fraction of sp³-hybridized carbons (Fsp3) is 0.300. The molecule has 0 spiro atoms. The van der Waals surface area contributed by atoms with Crippen molar-refractivity contribution in [2.24, 2.45) is 0 Å². The van der Waals surface area contributed by atoms with Crippen molar-refractivity contribution in [2.75, 3.05) is 11.9 Å². The predicted molar refractivity (Wildman–Crippen MR) is 111 cm³/mol. The lowest BCUT2D eigenvalue weighted by molar-refractivity contribution is 0.163. The number of benzene rings is 2. The highest BCUT2D eigenvalue weighted by atomic mass is 79.9. The number of aromatic nitrogens is 1. The van der Waals surface area contributed by atoms with Crippen molar-refractivity contribution in [3.05, 3.63) is 57.5 Å². The third kappa shape index (κ3) is 3.35. The number of carbonyl (C=O) groups excluding carboxylic acids is 1. The molecular formula is C20H20BrN3OS. The summed E-state index contributed by atoms with van der Waals surface area (Å²) in [4.78, 5) is 19.7. The summed E-state index contributed by atoms with van der Waals surface area (Å²) in [5, 5.41) is 4.12. The number of rotatable bonds is 2. The molecule has 1 saturated heterocycles. The average molecular weight is 430 g/mol. The Balaban J connectivity index is 1.60. The molecule has 0 aliphatic carbocycles. The molecule has 2 amide bonds. The molecule has 3 aromatic rings. The van der Waals surface area contributed by atoms with Gasteiger partial charge >= 0.3 is 6.03 Å². The van der Waals surface area contributed by atoms with Gasteiger partial charge in [0.25, 0.3) is 0 Å². The van der Waals surface area contributed by atoms with Gasteiger partial charge in [-0.05, 0) is 56.0 Å². The molecule has 26 heavy (non-hydrogen) atoms. The van der Waals surface area contributed by atoms with E-state index >= 15 is 0 Å². The molecule has 4 nitrogen and oxygen atoms in total. The summed E-state index contributed by atoms with van der Waals surface area (Å²) in [6.07, 6.45) is 3.12. The highest BCUT2D eigenvalue weighted by molar-refractivity contribution is 9.10. The molecular weight excluding hydrogens is 410 g/mol. The third-order valence-corrected chi connectivity index (χ3v) is 6.87. The lowest BCUT2D eigenvalue weighted by atomic mass is 10.0. The average Bonchev–Trinajstić information content (AvgIpc) is 3.09. The highest BCUT2D eigenvalue weighted by Gasteiger charge is 2.30.